The van der Waals surface area contributed by atoms with E-state index in [1.165, 1.54) is 0 Å². The number of carboxylic acids is 1. The summed E-state index contributed by atoms with van der Waals surface area (Å²) in [4.78, 5) is 20.2. The number of pyridine rings is 1. The Morgan fingerprint density at radius 2 is 1.95 bits per heavy atom. The molecule has 1 saturated heterocycles. The lowest BCUT2D eigenvalue weighted by atomic mass is 10.1. The lowest BCUT2D eigenvalue weighted by Gasteiger charge is -2.33. The number of nitrogens with zero attached hydrogens (tertiary/aromatic N) is 3. The molecule has 1 aromatic carbocycles. The van der Waals surface area contributed by atoms with Crippen molar-refractivity contribution in [1.29, 1.82) is 0 Å². The summed E-state index contributed by atoms with van der Waals surface area (Å²) in [6, 6.07) is 9.91. The van der Waals surface area contributed by atoms with Crippen LogP contribution < -0.4 is 4.90 Å². The van der Waals surface area contributed by atoms with E-state index in [-0.39, 0.29) is 6.42 Å². The molecule has 1 aromatic heterocycles. The van der Waals surface area contributed by atoms with Crippen LogP contribution in [0.4, 0.5) is 5.82 Å². The maximum atomic E-state index is 11.1. The van der Waals surface area contributed by atoms with Gasteiger partial charge in [-0.2, -0.15) is 0 Å². The minimum atomic E-state index is -0.844. The molecule has 0 bridgehead atoms. The number of aromatic nitrogens is 1. The molecule has 0 amide bonds. The van der Waals surface area contributed by atoms with Gasteiger partial charge in [0.2, 0.25) is 0 Å². The molecule has 0 atom stereocenters. The Hall–Kier alpha value is -2.14. The molecule has 1 fully saturated rings. The molecule has 21 heavy (non-hydrogen) atoms. The van der Waals surface area contributed by atoms with E-state index in [0.717, 1.165) is 42.8 Å². The third-order valence-corrected chi connectivity index (χ3v) is 3.95. The van der Waals surface area contributed by atoms with E-state index < -0.39 is 5.97 Å². The van der Waals surface area contributed by atoms with E-state index in [4.69, 9.17) is 5.11 Å². The maximum absolute atomic E-state index is 11.1. The number of aliphatic carboxylic acids is 1. The second-order valence-electron chi connectivity index (χ2n) is 5.51. The summed E-state index contributed by atoms with van der Waals surface area (Å²) in [6.45, 7) is 3.86. The summed E-state index contributed by atoms with van der Waals surface area (Å²) in [5, 5.41) is 11.1. The molecule has 0 saturated carbocycles. The van der Waals surface area contributed by atoms with Gasteiger partial charge in [0.15, 0.2) is 0 Å². The zero-order valence-electron chi connectivity index (χ0n) is 12.1. The summed E-state index contributed by atoms with van der Waals surface area (Å²) >= 11 is 0. The molecule has 5 nitrogen and oxygen atoms in total. The third-order valence-electron chi connectivity index (χ3n) is 3.95. The first kappa shape index (κ1) is 13.8. The van der Waals surface area contributed by atoms with Crippen LogP contribution >= 0.6 is 0 Å². The molecule has 0 unspecified atom stereocenters. The van der Waals surface area contributed by atoms with Crippen molar-refractivity contribution in [2.24, 2.45) is 0 Å². The number of hydrogen-bond acceptors (Lipinski definition) is 4. The van der Waals surface area contributed by atoms with E-state index in [2.05, 4.69) is 27.9 Å². The summed E-state index contributed by atoms with van der Waals surface area (Å²) in [7, 11) is 2.11. The molecule has 1 aliphatic heterocycles. The van der Waals surface area contributed by atoms with Crippen LogP contribution in [0.3, 0.4) is 0 Å². The van der Waals surface area contributed by atoms with Gasteiger partial charge in [0, 0.05) is 31.6 Å². The Labute approximate surface area is 123 Å². The molecule has 2 aromatic rings. The SMILES string of the molecule is CN1CCN(c2cc3ccccc3c(CC(=O)O)n2)CC1. The van der Waals surface area contributed by atoms with Gasteiger partial charge < -0.3 is 14.9 Å². The van der Waals surface area contributed by atoms with Crippen molar-refractivity contribution in [3.05, 3.63) is 36.0 Å². The molecule has 3 rings (SSSR count). The van der Waals surface area contributed by atoms with E-state index in [9.17, 15) is 4.79 Å². The minimum Gasteiger partial charge on any atom is -0.481 e. The number of hydrogen-bond donors (Lipinski definition) is 1. The Bertz CT molecular complexity index is 664. The van der Waals surface area contributed by atoms with Gasteiger partial charge >= 0.3 is 5.97 Å². The highest BCUT2D eigenvalue weighted by molar-refractivity contribution is 5.89. The number of anilines is 1. The monoisotopic (exact) mass is 285 g/mol. The maximum Gasteiger partial charge on any atom is 0.309 e. The van der Waals surface area contributed by atoms with Crippen LogP contribution in [0.5, 0.6) is 0 Å². The number of likely N-dealkylation sites (N-methyl/N-ethyl adjacent to an activating group) is 1. The van der Waals surface area contributed by atoms with Crippen molar-refractivity contribution >= 4 is 22.6 Å². The number of carboxylic acid groups (broad SMARTS) is 1. The molecule has 0 aliphatic carbocycles. The normalized spacial score (nSPS) is 16.3. The predicted octanol–water partition coefficient (Wildman–Crippen LogP) is 1.61. The summed E-state index contributed by atoms with van der Waals surface area (Å²) in [5.41, 5.74) is 0.648. The van der Waals surface area contributed by atoms with Crippen LogP contribution in [0.2, 0.25) is 0 Å². The molecule has 110 valence electrons. The zero-order chi connectivity index (χ0) is 14.8. The van der Waals surface area contributed by atoms with Gasteiger partial charge in [-0.1, -0.05) is 24.3 Å². The van der Waals surface area contributed by atoms with Gasteiger partial charge in [-0.25, -0.2) is 4.98 Å². The van der Waals surface area contributed by atoms with Gasteiger partial charge in [-0.3, -0.25) is 4.79 Å². The number of fused-ring (bicyclic) bond motifs is 1. The van der Waals surface area contributed by atoms with Gasteiger partial charge in [-0.15, -0.1) is 0 Å². The van der Waals surface area contributed by atoms with Crippen molar-refractivity contribution < 1.29 is 9.90 Å². The first-order valence-electron chi connectivity index (χ1n) is 7.17. The standard InChI is InChI=1S/C16H19N3O2/c1-18-6-8-19(9-7-18)15-10-12-4-2-3-5-13(12)14(17-15)11-16(20)21/h2-5,10H,6-9,11H2,1H3,(H,20,21). The average Bonchev–Trinajstić information content (AvgIpc) is 2.47. The van der Waals surface area contributed by atoms with Gasteiger partial charge in [0.1, 0.15) is 5.82 Å². The van der Waals surface area contributed by atoms with Crippen LogP contribution in [-0.2, 0) is 11.2 Å². The van der Waals surface area contributed by atoms with Crippen molar-refractivity contribution in [3.8, 4) is 0 Å². The molecule has 1 N–H and O–H groups in total. The van der Waals surface area contributed by atoms with Crippen LogP contribution in [0, 0.1) is 0 Å². The Kier molecular flexibility index (Phi) is 3.75. The molecule has 0 radical (unpaired) electrons. The highest BCUT2D eigenvalue weighted by Crippen LogP contribution is 2.24. The van der Waals surface area contributed by atoms with Crippen LogP contribution in [0.25, 0.3) is 10.8 Å². The van der Waals surface area contributed by atoms with Crippen molar-refractivity contribution in [2.45, 2.75) is 6.42 Å². The Balaban J connectivity index is 2.01. The molecule has 0 spiro atoms. The van der Waals surface area contributed by atoms with Crippen molar-refractivity contribution in [1.82, 2.24) is 9.88 Å². The second-order valence-corrected chi connectivity index (χ2v) is 5.51. The molecular weight excluding hydrogens is 266 g/mol. The van der Waals surface area contributed by atoms with Gasteiger partial charge in [0.05, 0.1) is 12.1 Å². The second kappa shape index (κ2) is 5.69. The average molecular weight is 285 g/mol. The molecule has 2 heterocycles. The number of piperazine rings is 1. The highest BCUT2D eigenvalue weighted by Gasteiger charge is 2.17. The summed E-state index contributed by atoms with van der Waals surface area (Å²) in [6.07, 6.45) is -0.0396. The first-order valence-corrected chi connectivity index (χ1v) is 7.17. The van der Waals surface area contributed by atoms with Crippen LogP contribution in [0.1, 0.15) is 5.69 Å². The summed E-state index contributed by atoms with van der Waals surface area (Å²) in [5.74, 6) is 0.0428. The number of carbonyl (C=O) groups is 1. The Morgan fingerprint density at radius 1 is 1.24 bits per heavy atom. The topological polar surface area (TPSA) is 56.7 Å². The van der Waals surface area contributed by atoms with Gasteiger partial charge in [0.25, 0.3) is 0 Å². The number of rotatable bonds is 3. The lowest BCUT2D eigenvalue weighted by Crippen LogP contribution is -2.44. The lowest BCUT2D eigenvalue weighted by molar-refractivity contribution is -0.136. The van der Waals surface area contributed by atoms with E-state index in [1.54, 1.807) is 0 Å². The van der Waals surface area contributed by atoms with E-state index >= 15 is 0 Å². The third kappa shape index (κ3) is 2.97. The van der Waals surface area contributed by atoms with E-state index in [0.29, 0.717) is 5.69 Å². The number of benzene rings is 1. The van der Waals surface area contributed by atoms with Gasteiger partial charge in [-0.05, 0) is 18.5 Å². The van der Waals surface area contributed by atoms with Crippen LogP contribution in [0.15, 0.2) is 30.3 Å². The molecule has 1 aliphatic rings. The largest absolute Gasteiger partial charge is 0.481 e. The Morgan fingerprint density at radius 3 is 2.67 bits per heavy atom. The van der Waals surface area contributed by atoms with Crippen molar-refractivity contribution in [2.75, 3.05) is 38.1 Å². The van der Waals surface area contributed by atoms with Crippen molar-refractivity contribution in [3.63, 3.8) is 0 Å². The highest BCUT2D eigenvalue weighted by atomic mass is 16.4. The molecule has 5 heteroatoms. The molecular formula is C16H19N3O2. The zero-order valence-corrected chi connectivity index (χ0v) is 12.1. The fourth-order valence-electron chi connectivity index (χ4n) is 2.73. The van der Waals surface area contributed by atoms with E-state index in [1.807, 2.05) is 24.3 Å². The summed E-state index contributed by atoms with van der Waals surface area (Å²) < 4.78 is 0. The minimum absolute atomic E-state index is 0.0396. The smallest absolute Gasteiger partial charge is 0.309 e. The quantitative estimate of drug-likeness (QED) is 0.928. The predicted molar refractivity (Wildman–Crippen MR) is 82.8 cm³/mol. The van der Waals surface area contributed by atoms with Crippen LogP contribution in [-0.4, -0.2) is 54.2 Å². The first-order chi connectivity index (χ1) is 10.1. The fraction of sp³-hybridized carbons (Fsp3) is 0.375. The fourth-order valence-corrected chi connectivity index (χ4v) is 2.73.